The fraction of sp³-hybridized carbons (Fsp3) is 0.600. The molecule has 1 saturated carbocycles. The van der Waals surface area contributed by atoms with Crippen LogP contribution in [0.4, 0.5) is 0 Å². The first-order chi connectivity index (χ1) is 12.8. The summed E-state index contributed by atoms with van der Waals surface area (Å²) in [6, 6.07) is 8.55. The zero-order valence-electron chi connectivity index (χ0n) is 15.3. The predicted octanol–water partition coefficient (Wildman–Crippen LogP) is 2.43. The van der Waals surface area contributed by atoms with Gasteiger partial charge in [-0.3, -0.25) is 10.2 Å². The molecular formula is C20H29N5O. The largest absolute Gasteiger partial charge is 0.355 e. The van der Waals surface area contributed by atoms with Crippen molar-refractivity contribution >= 4 is 16.9 Å². The van der Waals surface area contributed by atoms with Crippen molar-refractivity contribution in [3.05, 3.63) is 30.1 Å². The molecule has 0 radical (unpaired) electrons. The summed E-state index contributed by atoms with van der Waals surface area (Å²) in [5, 5.41) is 3.11. The van der Waals surface area contributed by atoms with Crippen LogP contribution in [0.1, 0.15) is 50.8 Å². The van der Waals surface area contributed by atoms with Gasteiger partial charge >= 0.3 is 0 Å². The molecule has 2 fully saturated rings. The molecule has 1 aliphatic heterocycles. The van der Waals surface area contributed by atoms with Gasteiger partial charge in [0.25, 0.3) is 0 Å². The van der Waals surface area contributed by atoms with Crippen LogP contribution in [0, 0.1) is 5.92 Å². The third-order valence-corrected chi connectivity index (χ3v) is 5.78. The first-order valence-electron chi connectivity index (χ1n) is 10.0. The number of imidazole rings is 1. The topological polar surface area (TPSA) is 81.8 Å². The molecular weight excluding hydrogens is 326 g/mol. The van der Waals surface area contributed by atoms with E-state index in [1.54, 1.807) is 0 Å². The number of hydrazine groups is 1. The van der Waals surface area contributed by atoms with Crippen LogP contribution in [0.15, 0.2) is 24.3 Å². The zero-order valence-corrected chi connectivity index (χ0v) is 15.3. The van der Waals surface area contributed by atoms with Gasteiger partial charge in [-0.15, -0.1) is 0 Å². The van der Waals surface area contributed by atoms with Crippen molar-refractivity contribution in [2.24, 2.45) is 5.92 Å². The molecule has 6 heteroatoms. The van der Waals surface area contributed by atoms with E-state index >= 15 is 0 Å². The number of hydrogen-bond acceptors (Lipinski definition) is 4. The molecule has 2 aliphatic rings. The summed E-state index contributed by atoms with van der Waals surface area (Å²) in [6.07, 6.45) is 9.01. The van der Waals surface area contributed by atoms with Gasteiger partial charge in [-0.25, -0.2) is 10.4 Å². The van der Waals surface area contributed by atoms with Crippen LogP contribution in [0.5, 0.6) is 0 Å². The van der Waals surface area contributed by atoms with Gasteiger partial charge in [0.1, 0.15) is 11.9 Å². The summed E-state index contributed by atoms with van der Waals surface area (Å²) in [5.41, 5.74) is 8.66. The molecule has 1 aromatic heterocycles. The summed E-state index contributed by atoms with van der Waals surface area (Å²) in [7, 11) is 0. The number of carbonyl (C=O) groups excluding carboxylic acids is 1. The number of unbranched alkanes of at least 4 members (excludes halogenated alkanes) is 2. The minimum Gasteiger partial charge on any atom is -0.355 e. The number of aromatic nitrogens is 2. The molecule has 1 saturated heterocycles. The molecule has 26 heavy (non-hydrogen) atoms. The van der Waals surface area contributed by atoms with Crippen molar-refractivity contribution in [2.75, 3.05) is 6.54 Å². The van der Waals surface area contributed by atoms with Crippen molar-refractivity contribution < 1.29 is 4.79 Å². The Balaban J connectivity index is 1.13. The lowest BCUT2D eigenvalue weighted by Gasteiger charge is -2.26. The van der Waals surface area contributed by atoms with Gasteiger partial charge in [0, 0.05) is 24.9 Å². The van der Waals surface area contributed by atoms with Crippen LogP contribution in [-0.4, -0.2) is 34.5 Å². The van der Waals surface area contributed by atoms with Gasteiger partial charge in [0.15, 0.2) is 0 Å². The van der Waals surface area contributed by atoms with E-state index in [1.165, 1.54) is 19.3 Å². The molecule has 0 spiro atoms. The molecule has 3 atom stereocenters. The Kier molecular flexibility index (Phi) is 5.51. The van der Waals surface area contributed by atoms with Crippen LogP contribution >= 0.6 is 0 Å². The highest BCUT2D eigenvalue weighted by molar-refractivity contribution is 5.82. The van der Waals surface area contributed by atoms with E-state index in [0.717, 1.165) is 55.5 Å². The van der Waals surface area contributed by atoms with Crippen molar-refractivity contribution in [3.8, 4) is 0 Å². The summed E-state index contributed by atoms with van der Waals surface area (Å²) in [5.74, 6) is 1.67. The van der Waals surface area contributed by atoms with E-state index < -0.39 is 0 Å². The van der Waals surface area contributed by atoms with E-state index in [0.29, 0.717) is 12.0 Å². The molecule has 4 N–H and O–H groups in total. The van der Waals surface area contributed by atoms with Crippen LogP contribution < -0.4 is 16.2 Å². The quantitative estimate of drug-likeness (QED) is 0.575. The van der Waals surface area contributed by atoms with Crippen LogP contribution in [0.25, 0.3) is 11.0 Å². The molecule has 140 valence electrons. The lowest BCUT2D eigenvalue weighted by Crippen LogP contribution is -2.46. The number of aromatic amines is 1. The van der Waals surface area contributed by atoms with Crippen LogP contribution in [-0.2, 0) is 11.2 Å². The number of nitrogens with one attached hydrogen (secondary N) is 4. The van der Waals surface area contributed by atoms with Gasteiger partial charge in [0.05, 0.1) is 11.0 Å². The van der Waals surface area contributed by atoms with Crippen molar-refractivity contribution in [2.45, 2.75) is 63.5 Å². The number of carbonyl (C=O) groups is 1. The molecule has 0 bridgehead atoms. The molecule has 2 heterocycles. The number of para-hydroxylation sites is 2. The summed E-state index contributed by atoms with van der Waals surface area (Å²) < 4.78 is 0. The third-order valence-electron chi connectivity index (χ3n) is 5.78. The number of nitrogens with zero attached hydrogens (tertiary/aromatic N) is 1. The Morgan fingerprint density at radius 1 is 1.12 bits per heavy atom. The smallest absolute Gasteiger partial charge is 0.238 e. The molecule has 1 amide bonds. The van der Waals surface area contributed by atoms with E-state index in [9.17, 15) is 4.79 Å². The van der Waals surface area contributed by atoms with Gasteiger partial charge < -0.3 is 10.3 Å². The molecule has 2 aromatic rings. The minimum atomic E-state index is -0.0594. The summed E-state index contributed by atoms with van der Waals surface area (Å²) >= 11 is 0. The maximum Gasteiger partial charge on any atom is 0.238 e. The minimum absolute atomic E-state index is 0.0594. The maximum absolute atomic E-state index is 12.4. The molecule has 4 rings (SSSR count). The zero-order chi connectivity index (χ0) is 17.8. The second-order valence-corrected chi connectivity index (χ2v) is 7.62. The molecule has 6 nitrogen and oxygen atoms in total. The van der Waals surface area contributed by atoms with E-state index in [2.05, 4.69) is 32.2 Å². The Hall–Kier alpha value is -1.92. The number of amides is 1. The summed E-state index contributed by atoms with van der Waals surface area (Å²) in [4.78, 5) is 20.4. The SMILES string of the molecule is O=C(NCCCCCc1nc2ccccc2[nH]1)C1NNC2CCCCC21. The summed E-state index contributed by atoms with van der Waals surface area (Å²) in [6.45, 7) is 0.758. The van der Waals surface area contributed by atoms with E-state index in [4.69, 9.17) is 0 Å². The van der Waals surface area contributed by atoms with E-state index in [-0.39, 0.29) is 11.9 Å². The number of aryl methyl sites for hydroxylation is 1. The van der Waals surface area contributed by atoms with E-state index in [1.807, 2.05) is 18.2 Å². The number of rotatable bonds is 7. The first-order valence-corrected chi connectivity index (χ1v) is 10.0. The molecule has 3 unspecified atom stereocenters. The number of H-pyrrole nitrogens is 1. The normalized spacial score (nSPS) is 25.3. The first kappa shape index (κ1) is 17.5. The van der Waals surface area contributed by atoms with Gasteiger partial charge in [-0.05, 0) is 37.8 Å². The lowest BCUT2D eigenvalue weighted by atomic mass is 9.81. The van der Waals surface area contributed by atoms with Crippen LogP contribution in [0.3, 0.4) is 0 Å². The second kappa shape index (κ2) is 8.18. The fourth-order valence-electron chi connectivity index (χ4n) is 4.34. The van der Waals surface area contributed by atoms with Gasteiger partial charge in [0.2, 0.25) is 5.91 Å². The number of fused-ring (bicyclic) bond motifs is 2. The predicted molar refractivity (Wildman–Crippen MR) is 102 cm³/mol. The highest BCUT2D eigenvalue weighted by Crippen LogP contribution is 2.30. The highest BCUT2D eigenvalue weighted by Gasteiger charge is 2.40. The Bertz CT molecular complexity index is 710. The Morgan fingerprint density at radius 2 is 2.00 bits per heavy atom. The standard InChI is InChI=1S/C20H29N5O/c26-20(19-14-8-3-4-9-15(14)24-25-19)21-13-7-1-2-12-18-22-16-10-5-6-11-17(16)23-18/h5-6,10-11,14-15,19,24-25H,1-4,7-9,12-13H2,(H,21,26)(H,22,23). The Morgan fingerprint density at radius 3 is 2.92 bits per heavy atom. The van der Waals surface area contributed by atoms with Crippen LogP contribution in [0.2, 0.25) is 0 Å². The molecule has 1 aromatic carbocycles. The number of hydrogen-bond donors (Lipinski definition) is 4. The van der Waals surface area contributed by atoms with Gasteiger partial charge in [-0.2, -0.15) is 0 Å². The second-order valence-electron chi connectivity index (χ2n) is 7.62. The van der Waals surface area contributed by atoms with Gasteiger partial charge in [-0.1, -0.05) is 31.4 Å². The maximum atomic E-state index is 12.4. The lowest BCUT2D eigenvalue weighted by molar-refractivity contribution is -0.123. The molecule has 1 aliphatic carbocycles. The highest BCUT2D eigenvalue weighted by atomic mass is 16.2. The average molecular weight is 355 g/mol. The number of benzene rings is 1. The fourth-order valence-corrected chi connectivity index (χ4v) is 4.34. The van der Waals surface area contributed by atoms with Crippen molar-refractivity contribution in [1.29, 1.82) is 0 Å². The van der Waals surface area contributed by atoms with Crippen molar-refractivity contribution in [1.82, 2.24) is 26.1 Å². The average Bonchev–Trinajstić information content (AvgIpc) is 3.28. The third kappa shape index (κ3) is 3.91. The Labute approximate surface area is 154 Å². The monoisotopic (exact) mass is 355 g/mol. The van der Waals surface area contributed by atoms with Crippen molar-refractivity contribution in [3.63, 3.8) is 0 Å².